The minimum Gasteiger partial charge on any atom is -0.386 e. The molecule has 2 nitrogen and oxygen atoms in total. The van der Waals surface area contributed by atoms with Crippen molar-refractivity contribution in [3.63, 3.8) is 0 Å². The topological polar surface area (TPSA) is 33.1 Å². The van der Waals surface area contributed by atoms with Crippen LogP contribution in [0, 0.1) is 0 Å². The van der Waals surface area contributed by atoms with Crippen LogP contribution in [0.1, 0.15) is 11.8 Å². The quantitative estimate of drug-likeness (QED) is 0.838. The lowest BCUT2D eigenvalue weighted by Crippen LogP contribution is -2.04. The lowest BCUT2D eigenvalue weighted by molar-refractivity contribution is 0.198. The maximum atomic E-state index is 10.1. The van der Waals surface area contributed by atoms with Gasteiger partial charge in [0.15, 0.2) is 0 Å². The van der Waals surface area contributed by atoms with Crippen molar-refractivity contribution >= 4 is 39.3 Å². The molecule has 0 aliphatic heterocycles. The van der Waals surface area contributed by atoms with Crippen molar-refractivity contribution in [3.05, 3.63) is 57.8 Å². The van der Waals surface area contributed by atoms with E-state index >= 15 is 0 Å². The van der Waals surface area contributed by atoms with Crippen molar-refractivity contribution in [1.82, 2.24) is 4.98 Å². The number of aromatic nitrogens is 1. The maximum absolute atomic E-state index is 10.1. The molecule has 0 aliphatic carbocycles. The van der Waals surface area contributed by atoms with Crippen LogP contribution in [0.5, 0.6) is 0 Å². The van der Waals surface area contributed by atoms with Crippen molar-refractivity contribution in [1.29, 1.82) is 0 Å². The zero-order valence-corrected chi connectivity index (χ0v) is 12.5. The second-order valence-electron chi connectivity index (χ2n) is 3.63. The molecule has 0 saturated heterocycles. The van der Waals surface area contributed by atoms with Crippen LogP contribution in [0.15, 0.2) is 52.0 Å². The van der Waals surface area contributed by atoms with E-state index in [1.165, 1.54) is 11.8 Å². The van der Waals surface area contributed by atoms with E-state index < -0.39 is 6.10 Å². The van der Waals surface area contributed by atoms with E-state index in [1.807, 2.05) is 36.4 Å². The first-order valence-electron chi connectivity index (χ1n) is 5.34. The van der Waals surface area contributed by atoms with Crippen LogP contribution in [0.25, 0.3) is 0 Å². The van der Waals surface area contributed by atoms with E-state index in [4.69, 9.17) is 11.6 Å². The van der Waals surface area contributed by atoms with Crippen LogP contribution in [-0.2, 0) is 0 Å². The molecule has 1 aromatic carbocycles. The number of thioether (sulfide) groups is 1. The van der Waals surface area contributed by atoms with Crippen LogP contribution in [0.2, 0.25) is 5.02 Å². The number of pyridine rings is 1. The maximum Gasteiger partial charge on any atom is 0.106 e. The summed E-state index contributed by atoms with van der Waals surface area (Å²) >= 11 is 11.0. The van der Waals surface area contributed by atoms with Gasteiger partial charge in [0.25, 0.3) is 0 Å². The van der Waals surface area contributed by atoms with Crippen LogP contribution in [0.3, 0.4) is 0 Å². The standard InChI is InChI=1S/C13H11BrClNOS/c14-9-4-3-7-16-13(9)11(17)8-18-12-6-2-1-5-10(12)15/h1-7,11,17H,8H2. The summed E-state index contributed by atoms with van der Waals surface area (Å²) in [7, 11) is 0. The van der Waals surface area contributed by atoms with Gasteiger partial charge in [-0.25, -0.2) is 0 Å². The summed E-state index contributed by atoms with van der Waals surface area (Å²) < 4.78 is 0.817. The Labute approximate surface area is 124 Å². The average molecular weight is 345 g/mol. The zero-order valence-electron chi connectivity index (χ0n) is 9.38. The molecule has 0 aliphatic rings. The molecule has 0 fully saturated rings. The fourth-order valence-electron chi connectivity index (χ4n) is 1.45. The summed E-state index contributed by atoms with van der Waals surface area (Å²) in [6.07, 6.45) is 1.05. The van der Waals surface area contributed by atoms with Gasteiger partial charge in [0, 0.05) is 21.3 Å². The monoisotopic (exact) mass is 343 g/mol. The van der Waals surface area contributed by atoms with Gasteiger partial charge in [-0.05, 0) is 40.2 Å². The Kier molecular flexibility index (Phi) is 5.06. The first kappa shape index (κ1) is 13.9. The molecule has 1 heterocycles. The number of aliphatic hydroxyl groups excluding tert-OH is 1. The third-order valence-corrected chi connectivity index (χ3v) is 4.60. The number of hydrogen-bond donors (Lipinski definition) is 1. The van der Waals surface area contributed by atoms with Crippen molar-refractivity contribution in [3.8, 4) is 0 Å². The molecule has 5 heteroatoms. The number of benzene rings is 1. The molecule has 18 heavy (non-hydrogen) atoms. The van der Waals surface area contributed by atoms with Gasteiger partial charge in [-0.3, -0.25) is 4.98 Å². The van der Waals surface area contributed by atoms with Crippen LogP contribution in [-0.4, -0.2) is 15.8 Å². The van der Waals surface area contributed by atoms with E-state index in [-0.39, 0.29) is 0 Å². The Balaban J connectivity index is 2.03. The minimum atomic E-state index is -0.623. The normalized spacial score (nSPS) is 12.4. The number of nitrogens with zero attached hydrogens (tertiary/aromatic N) is 1. The van der Waals surface area contributed by atoms with Gasteiger partial charge in [-0.15, -0.1) is 11.8 Å². The molecule has 2 aromatic rings. The SMILES string of the molecule is OC(CSc1ccccc1Cl)c1ncccc1Br. The predicted octanol–water partition coefficient (Wildman–Crippen LogP) is 4.32. The number of rotatable bonds is 4. The second kappa shape index (κ2) is 6.57. The fourth-order valence-corrected chi connectivity index (χ4v) is 3.15. The Bertz CT molecular complexity index is 538. The van der Waals surface area contributed by atoms with E-state index in [1.54, 1.807) is 6.20 Å². The van der Waals surface area contributed by atoms with Crippen molar-refractivity contribution in [2.24, 2.45) is 0 Å². The minimum absolute atomic E-state index is 0.513. The molecular formula is C13H11BrClNOS. The highest BCUT2D eigenvalue weighted by Gasteiger charge is 2.13. The molecule has 1 unspecified atom stereocenters. The highest BCUT2D eigenvalue weighted by Crippen LogP contribution is 2.31. The number of halogens is 2. The largest absolute Gasteiger partial charge is 0.386 e. The van der Waals surface area contributed by atoms with Crippen LogP contribution in [0.4, 0.5) is 0 Å². The second-order valence-corrected chi connectivity index (χ2v) is 5.95. The Morgan fingerprint density at radius 3 is 2.78 bits per heavy atom. The predicted molar refractivity (Wildman–Crippen MR) is 79.1 cm³/mol. The summed E-state index contributed by atoms with van der Waals surface area (Å²) in [6.45, 7) is 0. The van der Waals surface area contributed by atoms with Crippen molar-refractivity contribution in [2.45, 2.75) is 11.0 Å². The molecular weight excluding hydrogens is 334 g/mol. The molecule has 94 valence electrons. The summed E-state index contributed by atoms with van der Waals surface area (Å²) in [5.74, 6) is 0.513. The smallest absolute Gasteiger partial charge is 0.106 e. The highest BCUT2D eigenvalue weighted by atomic mass is 79.9. The van der Waals surface area contributed by atoms with Gasteiger partial charge in [0.05, 0.1) is 10.7 Å². The molecule has 0 radical (unpaired) electrons. The molecule has 0 saturated carbocycles. The average Bonchev–Trinajstić information content (AvgIpc) is 2.38. The molecule has 0 spiro atoms. The van der Waals surface area contributed by atoms with Gasteiger partial charge in [0.1, 0.15) is 6.10 Å². The Hall–Kier alpha value is -0.550. The molecule has 1 aromatic heterocycles. The molecule has 0 bridgehead atoms. The summed E-state index contributed by atoms with van der Waals surface area (Å²) in [6, 6.07) is 11.3. The highest BCUT2D eigenvalue weighted by molar-refractivity contribution is 9.10. The third kappa shape index (κ3) is 3.48. The van der Waals surface area contributed by atoms with Crippen molar-refractivity contribution in [2.75, 3.05) is 5.75 Å². The summed E-state index contributed by atoms with van der Waals surface area (Å²) in [5, 5.41) is 10.8. The lowest BCUT2D eigenvalue weighted by Gasteiger charge is -2.11. The van der Waals surface area contributed by atoms with Gasteiger partial charge in [-0.2, -0.15) is 0 Å². The van der Waals surface area contributed by atoms with E-state index in [0.717, 1.165) is 9.37 Å². The van der Waals surface area contributed by atoms with Crippen LogP contribution < -0.4 is 0 Å². The van der Waals surface area contributed by atoms with E-state index in [9.17, 15) is 5.11 Å². The summed E-state index contributed by atoms with van der Waals surface area (Å²) in [4.78, 5) is 5.13. The van der Waals surface area contributed by atoms with Gasteiger partial charge in [0.2, 0.25) is 0 Å². The third-order valence-electron chi connectivity index (χ3n) is 2.34. The Morgan fingerprint density at radius 1 is 1.28 bits per heavy atom. The molecule has 0 amide bonds. The first-order chi connectivity index (χ1) is 8.68. The van der Waals surface area contributed by atoms with E-state index in [2.05, 4.69) is 20.9 Å². The first-order valence-corrected chi connectivity index (χ1v) is 7.50. The zero-order chi connectivity index (χ0) is 13.0. The lowest BCUT2D eigenvalue weighted by atomic mass is 10.2. The van der Waals surface area contributed by atoms with E-state index in [0.29, 0.717) is 16.5 Å². The molecule has 1 atom stereocenters. The van der Waals surface area contributed by atoms with Gasteiger partial charge < -0.3 is 5.11 Å². The number of hydrogen-bond acceptors (Lipinski definition) is 3. The Morgan fingerprint density at radius 2 is 2.06 bits per heavy atom. The van der Waals surface area contributed by atoms with Crippen LogP contribution >= 0.6 is 39.3 Å². The van der Waals surface area contributed by atoms with Gasteiger partial charge in [-0.1, -0.05) is 23.7 Å². The molecule has 2 rings (SSSR count). The fraction of sp³-hybridized carbons (Fsp3) is 0.154. The summed E-state index contributed by atoms with van der Waals surface area (Å²) in [5.41, 5.74) is 0.650. The number of aliphatic hydroxyl groups is 1. The van der Waals surface area contributed by atoms with Crippen molar-refractivity contribution < 1.29 is 5.11 Å². The van der Waals surface area contributed by atoms with Gasteiger partial charge >= 0.3 is 0 Å². The molecule has 1 N–H and O–H groups in total.